The molecule has 1 fully saturated rings. The minimum absolute atomic E-state index is 0.472. The largest absolute Gasteiger partial charge is 0.313 e. The van der Waals surface area contributed by atoms with Gasteiger partial charge in [-0.25, -0.2) is 0 Å². The van der Waals surface area contributed by atoms with E-state index in [9.17, 15) is 0 Å². The van der Waals surface area contributed by atoms with E-state index in [-0.39, 0.29) is 0 Å². The Kier molecular flexibility index (Phi) is 5.62. The first-order valence-corrected chi connectivity index (χ1v) is 8.15. The average Bonchev–Trinajstić information content (AvgIpc) is 2.80. The number of likely N-dealkylation sites (tertiary alicyclic amines) is 1. The highest BCUT2D eigenvalue weighted by atomic mass is 15.2. The lowest BCUT2D eigenvalue weighted by Crippen LogP contribution is -2.36. The van der Waals surface area contributed by atoms with E-state index in [2.05, 4.69) is 62.3 Å². The molecule has 0 saturated carbocycles. The summed E-state index contributed by atoms with van der Waals surface area (Å²) in [5.74, 6) is 0. The van der Waals surface area contributed by atoms with Crippen molar-refractivity contribution in [3.63, 3.8) is 0 Å². The summed E-state index contributed by atoms with van der Waals surface area (Å²) in [5.41, 5.74) is 2.77. The standard InChI is InChI=1S/C18H30N2/c1-5-17-10-9-15(3)20(17)12-11-18(19-4)16-8-6-7-14(2)13-16/h6-8,13,15,17-19H,5,9-12H2,1-4H3. The van der Waals surface area contributed by atoms with Gasteiger partial charge in [0.2, 0.25) is 0 Å². The van der Waals surface area contributed by atoms with Crippen LogP contribution in [0, 0.1) is 6.92 Å². The fourth-order valence-electron chi connectivity index (χ4n) is 3.61. The second-order valence-corrected chi connectivity index (χ2v) is 6.27. The maximum Gasteiger partial charge on any atom is 0.0329 e. The summed E-state index contributed by atoms with van der Waals surface area (Å²) in [6.45, 7) is 8.09. The summed E-state index contributed by atoms with van der Waals surface area (Å²) in [4.78, 5) is 2.72. The lowest BCUT2D eigenvalue weighted by atomic mass is 10.0. The number of aryl methyl sites for hydroxylation is 1. The van der Waals surface area contributed by atoms with Crippen LogP contribution in [-0.2, 0) is 0 Å². The minimum atomic E-state index is 0.472. The van der Waals surface area contributed by atoms with E-state index in [1.54, 1.807) is 0 Å². The van der Waals surface area contributed by atoms with Crippen LogP contribution in [0.1, 0.15) is 56.7 Å². The van der Waals surface area contributed by atoms with Gasteiger partial charge in [0.15, 0.2) is 0 Å². The Morgan fingerprint density at radius 3 is 2.80 bits per heavy atom. The number of nitrogens with one attached hydrogen (secondary N) is 1. The van der Waals surface area contributed by atoms with Crippen LogP contribution in [0.3, 0.4) is 0 Å². The molecular formula is C18H30N2. The van der Waals surface area contributed by atoms with Gasteiger partial charge < -0.3 is 5.32 Å². The van der Waals surface area contributed by atoms with Crippen molar-refractivity contribution < 1.29 is 0 Å². The molecule has 1 aromatic carbocycles. The zero-order valence-electron chi connectivity index (χ0n) is 13.5. The van der Waals surface area contributed by atoms with Gasteiger partial charge in [-0.15, -0.1) is 0 Å². The number of rotatable bonds is 6. The topological polar surface area (TPSA) is 15.3 Å². The lowest BCUT2D eigenvalue weighted by molar-refractivity contribution is 0.189. The number of hydrogen-bond acceptors (Lipinski definition) is 2. The Morgan fingerprint density at radius 2 is 2.15 bits per heavy atom. The maximum atomic E-state index is 3.49. The van der Waals surface area contributed by atoms with Gasteiger partial charge in [0.1, 0.15) is 0 Å². The SMILES string of the molecule is CCC1CCC(C)N1CCC(NC)c1cccc(C)c1. The third-order valence-corrected chi connectivity index (χ3v) is 4.89. The number of nitrogens with zero attached hydrogens (tertiary/aromatic N) is 1. The third kappa shape index (κ3) is 3.62. The van der Waals surface area contributed by atoms with Crippen molar-refractivity contribution in [2.45, 2.75) is 64.6 Å². The molecule has 1 aromatic rings. The van der Waals surface area contributed by atoms with Crippen LogP contribution in [-0.4, -0.2) is 30.6 Å². The van der Waals surface area contributed by atoms with E-state index in [1.165, 1.54) is 43.4 Å². The zero-order valence-corrected chi connectivity index (χ0v) is 13.5. The Balaban J connectivity index is 1.97. The summed E-state index contributed by atoms with van der Waals surface area (Å²) in [7, 11) is 2.08. The van der Waals surface area contributed by atoms with Gasteiger partial charge in [-0.1, -0.05) is 36.8 Å². The van der Waals surface area contributed by atoms with Crippen molar-refractivity contribution in [1.29, 1.82) is 0 Å². The van der Waals surface area contributed by atoms with Gasteiger partial charge in [0, 0.05) is 24.7 Å². The van der Waals surface area contributed by atoms with Gasteiger partial charge in [0.05, 0.1) is 0 Å². The first-order chi connectivity index (χ1) is 9.65. The molecule has 1 aliphatic rings. The van der Waals surface area contributed by atoms with Crippen molar-refractivity contribution >= 4 is 0 Å². The van der Waals surface area contributed by atoms with E-state index in [0.717, 1.165) is 12.1 Å². The normalized spacial score (nSPS) is 25.0. The number of hydrogen-bond donors (Lipinski definition) is 1. The second-order valence-electron chi connectivity index (χ2n) is 6.27. The zero-order chi connectivity index (χ0) is 14.5. The fourth-order valence-corrected chi connectivity index (χ4v) is 3.61. The molecule has 1 N–H and O–H groups in total. The molecule has 112 valence electrons. The summed E-state index contributed by atoms with van der Waals surface area (Å²) in [6, 6.07) is 10.9. The van der Waals surface area contributed by atoms with Crippen LogP contribution in [0.25, 0.3) is 0 Å². The molecule has 3 unspecified atom stereocenters. The van der Waals surface area contributed by atoms with Gasteiger partial charge in [0.25, 0.3) is 0 Å². The molecule has 1 heterocycles. The van der Waals surface area contributed by atoms with E-state index >= 15 is 0 Å². The van der Waals surface area contributed by atoms with Crippen LogP contribution in [0.2, 0.25) is 0 Å². The summed E-state index contributed by atoms with van der Waals surface area (Å²) in [5, 5.41) is 3.49. The molecule has 2 nitrogen and oxygen atoms in total. The van der Waals surface area contributed by atoms with Crippen LogP contribution in [0.4, 0.5) is 0 Å². The Labute approximate surface area is 124 Å². The highest BCUT2D eigenvalue weighted by Gasteiger charge is 2.29. The lowest BCUT2D eigenvalue weighted by Gasteiger charge is -2.29. The molecule has 3 atom stereocenters. The molecule has 0 aliphatic carbocycles. The number of benzene rings is 1. The second kappa shape index (κ2) is 7.24. The Hall–Kier alpha value is -0.860. The molecule has 0 aromatic heterocycles. The molecule has 0 amide bonds. The minimum Gasteiger partial charge on any atom is -0.313 e. The highest BCUT2D eigenvalue weighted by molar-refractivity contribution is 5.25. The molecule has 0 bridgehead atoms. The van der Waals surface area contributed by atoms with E-state index in [4.69, 9.17) is 0 Å². The van der Waals surface area contributed by atoms with Crippen LogP contribution in [0.5, 0.6) is 0 Å². The molecule has 1 saturated heterocycles. The van der Waals surface area contributed by atoms with Crippen LogP contribution >= 0.6 is 0 Å². The Bertz CT molecular complexity index is 416. The average molecular weight is 274 g/mol. The predicted octanol–water partition coefficient (Wildman–Crippen LogP) is 3.91. The Morgan fingerprint density at radius 1 is 1.35 bits per heavy atom. The highest BCUT2D eigenvalue weighted by Crippen LogP contribution is 2.27. The van der Waals surface area contributed by atoms with Gasteiger partial charge >= 0.3 is 0 Å². The predicted molar refractivity (Wildman–Crippen MR) is 87.1 cm³/mol. The molecule has 1 aliphatic heterocycles. The first-order valence-electron chi connectivity index (χ1n) is 8.15. The monoisotopic (exact) mass is 274 g/mol. The fraction of sp³-hybridized carbons (Fsp3) is 0.667. The first kappa shape index (κ1) is 15.5. The smallest absolute Gasteiger partial charge is 0.0329 e. The third-order valence-electron chi connectivity index (χ3n) is 4.89. The van der Waals surface area contributed by atoms with Gasteiger partial charge in [-0.05, 0) is 52.1 Å². The van der Waals surface area contributed by atoms with E-state index in [0.29, 0.717) is 6.04 Å². The molecule has 2 rings (SSSR count). The van der Waals surface area contributed by atoms with E-state index in [1.807, 2.05) is 0 Å². The molecule has 0 spiro atoms. The quantitative estimate of drug-likeness (QED) is 0.846. The van der Waals surface area contributed by atoms with Crippen molar-refractivity contribution in [2.75, 3.05) is 13.6 Å². The van der Waals surface area contributed by atoms with Crippen molar-refractivity contribution in [3.8, 4) is 0 Å². The summed E-state index contributed by atoms with van der Waals surface area (Å²) in [6.07, 6.45) is 5.24. The van der Waals surface area contributed by atoms with Crippen LogP contribution < -0.4 is 5.32 Å². The summed E-state index contributed by atoms with van der Waals surface area (Å²) >= 11 is 0. The summed E-state index contributed by atoms with van der Waals surface area (Å²) < 4.78 is 0. The van der Waals surface area contributed by atoms with Crippen LogP contribution in [0.15, 0.2) is 24.3 Å². The van der Waals surface area contributed by atoms with Crippen molar-refractivity contribution in [1.82, 2.24) is 10.2 Å². The molecule has 20 heavy (non-hydrogen) atoms. The molecular weight excluding hydrogens is 244 g/mol. The van der Waals surface area contributed by atoms with E-state index < -0.39 is 0 Å². The maximum absolute atomic E-state index is 3.49. The van der Waals surface area contributed by atoms with Crippen molar-refractivity contribution in [2.24, 2.45) is 0 Å². The van der Waals surface area contributed by atoms with Crippen molar-refractivity contribution in [3.05, 3.63) is 35.4 Å². The van der Waals surface area contributed by atoms with Gasteiger partial charge in [-0.2, -0.15) is 0 Å². The molecule has 0 radical (unpaired) electrons. The molecule has 2 heteroatoms. The van der Waals surface area contributed by atoms with Gasteiger partial charge in [-0.3, -0.25) is 4.90 Å².